The maximum atomic E-state index is 16.2. The second-order valence-electron chi connectivity index (χ2n) is 14.1. The van der Waals surface area contributed by atoms with Crippen molar-refractivity contribution in [3.8, 4) is 22.3 Å². The number of aromatic amines is 2. The number of imidazole rings is 2. The van der Waals surface area contributed by atoms with E-state index >= 15 is 8.78 Å². The molecule has 5 aromatic rings. The van der Waals surface area contributed by atoms with E-state index in [9.17, 15) is 19.2 Å². The number of nitrogens with zero attached hydrogens (tertiary/aromatic N) is 4. The van der Waals surface area contributed by atoms with Crippen LogP contribution in [0.15, 0.2) is 48.5 Å². The summed E-state index contributed by atoms with van der Waals surface area (Å²) in [6, 6.07) is 12.0. The maximum absolute atomic E-state index is 16.2. The van der Waals surface area contributed by atoms with E-state index in [0.717, 1.165) is 12.8 Å². The number of rotatable bonds is 9. The van der Waals surface area contributed by atoms with Crippen LogP contribution in [0.4, 0.5) is 18.4 Å². The van der Waals surface area contributed by atoms with Crippen molar-refractivity contribution >= 4 is 46.1 Å². The molecule has 55 heavy (non-hydrogen) atoms. The number of aromatic nitrogens is 4. The third-order valence-corrected chi connectivity index (χ3v) is 10.4. The van der Waals surface area contributed by atoms with Gasteiger partial charge in [0.05, 0.1) is 37.3 Å². The zero-order chi connectivity index (χ0) is 39.0. The molecule has 2 saturated heterocycles. The first kappa shape index (κ1) is 37.3. The van der Waals surface area contributed by atoms with Gasteiger partial charge in [0, 0.05) is 24.2 Å². The Balaban J connectivity index is 1.10. The van der Waals surface area contributed by atoms with Gasteiger partial charge in [-0.3, -0.25) is 9.59 Å². The molecule has 0 bridgehead atoms. The number of carbonyl (C=O) groups is 4. The van der Waals surface area contributed by atoms with E-state index in [1.165, 1.54) is 14.2 Å². The first-order chi connectivity index (χ1) is 26.5. The van der Waals surface area contributed by atoms with E-state index in [-0.39, 0.29) is 35.3 Å². The van der Waals surface area contributed by atoms with Gasteiger partial charge in [-0.15, -0.1) is 0 Å². The van der Waals surface area contributed by atoms with Crippen LogP contribution in [0.1, 0.15) is 63.3 Å². The number of likely N-dealkylation sites (tertiary alicyclic amines) is 2. The predicted octanol–water partition coefficient (Wildman–Crippen LogP) is 6.12. The highest BCUT2D eigenvalue weighted by molar-refractivity contribution is 5.88. The van der Waals surface area contributed by atoms with Gasteiger partial charge < -0.3 is 39.9 Å². The van der Waals surface area contributed by atoms with Crippen molar-refractivity contribution < 1.29 is 37.4 Å². The maximum Gasteiger partial charge on any atom is 0.407 e. The zero-order valence-corrected chi connectivity index (χ0v) is 30.9. The molecule has 3 atom stereocenters. The number of hydrogen-bond donors (Lipinski definition) is 4. The molecule has 7 rings (SSSR count). The first-order valence-electron chi connectivity index (χ1n) is 18.2. The summed E-state index contributed by atoms with van der Waals surface area (Å²) in [6.45, 7) is 4.41. The summed E-state index contributed by atoms with van der Waals surface area (Å²) in [5.74, 6) is -0.840. The van der Waals surface area contributed by atoms with E-state index in [2.05, 4.69) is 35.3 Å². The van der Waals surface area contributed by atoms with E-state index in [4.69, 9.17) is 4.74 Å². The Bertz CT molecular complexity index is 2270. The molecule has 0 saturated carbocycles. The lowest BCUT2D eigenvalue weighted by Gasteiger charge is -2.29. The van der Waals surface area contributed by atoms with Crippen LogP contribution in [0.25, 0.3) is 44.3 Å². The summed E-state index contributed by atoms with van der Waals surface area (Å²) in [7, 11) is 2.46. The van der Waals surface area contributed by atoms with Crippen molar-refractivity contribution in [2.24, 2.45) is 5.92 Å². The molecule has 4 heterocycles. The van der Waals surface area contributed by atoms with Crippen molar-refractivity contribution in [2.45, 2.75) is 57.7 Å². The van der Waals surface area contributed by atoms with E-state index in [1.807, 2.05) is 13.8 Å². The number of hydrogen-bond acceptors (Lipinski definition) is 8. The molecule has 2 fully saturated rings. The lowest BCUT2D eigenvalue weighted by molar-refractivity contribution is -0.135. The third kappa shape index (κ3) is 7.15. The van der Waals surface area contributed by atoms with Gasteiger partial charge in [-0.2, -0.15) is 0 Å². The largest absolute Gasteiger partial charge is 0.453 e. The summed E-state index contributed by atoms with van der Waals surface area (Å²) < 4.78 is 41.5. The zero-order valence-electron chi connectivity index (χ0n) is 30.9. The lowest BCUT2D eigenvalue weighted by atomic mass is 9.99. The fourth-order valence-corrected chi connectivity index (χ4v) is 7.58. The molecule has 3 aromatic carbocycles. The Labute approximate surface area is 315 Å². The van der Waals surface area contributed by atoms with Gasteiger partial charge >= 0.3 is 12.2 Å². The van der Waals surface area contributed by atoms with Crippen LogP contribution in [0.2, 0.25) is 0 Å². The Kier molecular flexibility index (Phi) is 10.4. The highest BCUT2D eigenvalue weighted by Gasteiger charge is 2.38. The molecule has 0 aliphatic carbocycles. The molecule has 288 valence electrons. The summed E-state index contributed by atoms with van der Waals surface area (Å²) in [5.41, 5.74) is 3.03. The number of carbonyl (C=O) groups excluding carboxylic acids is 4. The molecule has 2 aliphatic rings. The van der Waals surface area contributed by atoms with Crippen LogP contribution in [0.3, 0.4) is 0 Å². The number of ether oxygens (including phenoxy) is 2. The van der Waals surface area contributed by atoms with Gasteiger partial charge in [0.25, 0.3) is 0 Å². The fraction of sp³-hybridized carbons (Fsp3) is 0.385. The molecule has 2 aromatic heterocycles. The van der Waals surface area contributed by atoms with Gasteiger partial charge in [0.1, 0.15) is 35.3 Å². The Hall–Kier alpha value is -6.06. The van der Waals surface area contributed by atoms with Gasteiger partial charge in [-0.25, -0.2) is 28.3 Å². The highest BCUT2D eigenvalue weighted by atomic mass is 19.1. The van der Waals surface area contributed by atoms with E-state index in [0.29, 0.717) is 70.9 Å². The standard InChI is InChI=1S/C39H42F2N8O6/c1-20(2)32(47-39(53)55-4)37(51)49-18-6-8-28(49)36-44-26-16-14-24(31(41)34(26)46-36)22-11-9-21(10-12-22)23-13-15-25-33(30(23)40)45-35(43-25)27-7-5-17-48(27)29(50)19-42-38(52)54-3/h9-16,20,27-28,32H,5-8,17-19H2,1-4H3,(H,42,52)(H,43,45)(H,44,46)(H,47,53)/t27-,28-,32?/m0/s1. The monoisotopic (exact) mass is 756 g/mol. The fourth-order valence-electron chi connectivity index (χ4n) is 7.58. The third-order valence-electron chi connectivity index (χ3n) is 10.4. The lowest BCUT2D eigenvalue weighted by Crippen LogP contribution is -2.51. The van der Waals surface area contributed by atoms with Gasteiger partial charge in [-0.1, -0.05) is 38.1 Å². The number of methoxy groups -OCH3 is 2. The normalized spacial score (nSPS) is 17.6. The van der Waals surface area contributed by atoms with Crippen molar-refractivity contribution in [1.82, 2.24) is 40.4 Å². The van der Waals surface area contributed by atoms with Gasteiger partial charge in [0.2, 0.25) is 11.8 Å². The number of nitrogens with one attached hydrogen (secondary N) is 4. The highest BCUT2D eigenvalue weighted by Crippen LogP contribution is 2.37. The average Bonchev–Trinajstić information content (AvgIpc) is 4.01. The van der Waals surface area contributed by atoms with E-state index in [1.54, 1.807) is 58.3 Å². The van der Waals surface area contributed by atoms with Crippen LogP contribution in [-0.2, 0) is 19.1 Å². The second-order valence-corrected chi connectivity index (χ2v) is 14.1. The molecule has 1 unspecified atom stereocenters. The minimum Gasteiger partial charge on any atom is -0.453 e. The Morgan fingerprint density at radius 2 is 1.25 bits per heavy atom. The molecule has 16 heteroatoms. The minimum absolute atomic E-state index is 0.191. The van der Waals surface area contributed by atoms with E-state index < -0.39 is 41.9 Å². The number of amides is 4. The Morgan fingerprint density at radius 3 is 1.75 bits per heavy atom. The van der Waals surface area contributed by atoms with Gasteiger partial charge in [-0.05, 0) is 67.0 Å². The van der Waals surface area contributed by atoms with Crippen LogP contribution >= 0.6 is 0 Å². The molecular formula is C39H42F2N8O6. The molecule has 14 nitrogen and oxygen atoms in total. The van der Waals surface area contributed by atoms with Crippen molar-refractivity contribution in [1.29, 1.82) is 0 Å². The number of H-pyrrole nitrogens is 2. The Morgan fingerprint density at radius 1 is 0.764 bits per heavy atom. The summed E-state index contributed by atoms with van der Waals surface area (Å²) >= 11 is 0. The summed E-state index contributed by atoms with van der Waals surface area (Å²) in [6.07, 6.45) is 1.32. The van der Waals surface area contributed by atoms with Crippen LogP contribution in [0.5, 0.6) is 0 Å². The number of alkyl carbamates (subject to hydrolysis) is 2. The van der Waals surface area contributed by atoms with Crippen molar-refractivity contribution in [2.75, 3.05) is 33.9 Å². The number of benzene rings is 3. The van der Waals surface area contributed by atoms with Crippen LogP contribution in [0, 0.1) is 17.6 Å². The van der Waals surface area contributed by atoms with Crippen molar-refractivity contribution in [3.05, 3.63) is 71.8 Å². The smallest absolute Gasteiger partial charge is 0.407 e. The van der Waals surface area contributed by atoms with Gasteiger partial charge in [0.15, 0.2) is 11.6 Å². The minimum atomic E-state index is -0.791. The quantitative estimate of drug-likeness (QED) is 0.139. The molecular weight excluding hydrogens is 714 g/mol. The molecule has 0 radical (unpaired) electrons. The predicted molar refractivity (Wildman–Crippen MR) is 198 cm³/mol. The topological polar surface area (TPSA) is 175 Å². The number of halogens is 2. The molecule has 2 aliphatic heterocycles. The molecule has 0 spiro atoms. The second kappa shape index (κ2) is 15.4. The summed E-state index contributed by atoms with van der Waals surface area (Å²) in [4.78, 5) is 68.6. The van der Waals surface area contributed by atoms with Crippen LogP contribution in [-0.4, -0.2) is 93.6 Å². The SMILES string of the molecule is COC(=O)NCC(=O)N1CCC[C@H]1c1nc2ccc(-c3ccc(-c4ccc5nc([C@@H]6CCCN6C(=O)C(NC(=O)OC)C(C)C)[nH]c5c4F)cc3)c(F)c2[nH]1. The van der Waals surface area contributed by atoms with Crippen LogP contribution < -0.4 is 10.6 Å². The molecule has 4 amide bonds. The average molecular weight is 757 g/mol. The van der Waals surface area contributed by atoms with Crippen molar-refractivity contribution in [3.63, 3.8) is 0 Å². The first-order valence-corrected chi connectivity index (χ1v) is 18.2. The number of fused-ring (bicyclic) bond motifs is 2. The molecule has 4 N–H and O–H groups in total. The summed E-state index contributed by atoms with van der Waals surface area (Å²) in [5, 5.41) is 5.03.